The van der Waals surface area contributed by atoms with Crippen LogP contribution in [0.2, 0.25) is 0 Å². The van der Waals surface area contributed by atoms with Crippen LogP contribution in [0.1, 0.15) is 26.3 Å². The van der Waals surface area contributed by atoms with Crippen LogP contribution < -0.4 is 9.64 Å². The zero-order chi connectivity index (χ0) is 20.4. The summed E-state index contributed by atoms with van der Waals surface area (Å²) in [7, 11) is 1.39. The van der Waals surface area contributed by atoms with Crippen molar-refractivity contribution in [1.82, 2.24) is 0 Å². The van der Waals surface area contributed by atoms with Gasteiger partial charge in [0.1, 0.15) is 28.5 Å². The summed E-state index contributed by atoms with van der Waals surface area (Å²) in [5, 5.41) is 20.9. The molecule has 0 saturated heterocycles. The van der Waals surface area contributed by atoms with Crippen LogP contribution in [0.5, 0.6) is 17.2 Å². The third-order valence-corrected chi connectivity index (χ3v) is 3.58. The smallest absolute Gasteiger partial charge is 0.414 e. The number of rotatable bonds is 4. The van der Waals surface area contributed by atoms with E-state index in [1.807, 2.05) is 0 Å². The van der Waals surface area contributed by atoms with E-state index in [0.29, 0.717) is 17.1 Å². The Morgan fingerprint density at radius 3 is 2.30 bits per heavy atom. The summed E-state index contributed by atoms with van der Waals surface area (Å²) in [5.74, 6) is 0.887. The molecule has 144 valence electrons. The zero-order valence-corrected chi connectivity index (χ0v) is 15.8. The molecule has 0 heterocycles. The van der Waals surface area contributed by atoms with Gasteiger partial charge in [-0.1, -0.05) is 0 Å². The fourth-order valence-corrected chi connectivity index (χ4v) is 2.25. The van der Waals surface area contributed by atoms with Crippen LogP contribution in [0.3, 0.4) is 0 Å². The number of aryl methyl sites for hydroxylation is 1. The van der Waals surface area contributed by atoms with Crippen molar-refractivity contribution in [3.63, 3.8) is 0 Å². The van der Waals surface area contributed by atoms with Gasteiger partial charge in [0.15, 0.2) is 0 Å². The SMILES string of the molecule is Cc1cc(Oc2ccc([N+](=O)[O-])c(N(C)C(=O)OC(C)(C)C)c2)ccc1O. The second-order valence-electron chi connectivity index (χ2n) is 7.00. The standard InChI is InChI=1S/C19H22N2O6/c1-12-10-13(7-9-17(12)22)26-14-6-8-15(21(24)25)16(11-14)20(5)18(23)27-19(2,3)4/h6-11,22H,1-5H3. The molecular formula is C19H22N2O6. The molecule has 0 fully saturated rings. The van der Waals surface area contributed by atoms with E-state index >= 15 is 0 Å². The number of benzene rings is 2. The molecule has 2 rings (SSSR count). The molecule has 0 aliphatic carbocycles. The highest BCUT2D eigenvalue weighted by Gasteiger charge is 2.26. The molecular weight excluding hydrogens is 352 g/mol. The Bertz CT molecular complexity index is 873. The van der Waals surface area contributed by atoms with Crippen LogP contribution in [0.15, 0.2) is 36.4 Å². The zero-order valence-electron chi connectivity index (χ0n) is 15.8. The number of carbonyl (C=O) groups excluding carboxylic acids is 1. The molecule has 0 bridgehead atoms. The summed E-state index contributed by atoms with van der Waals surface area (Å²) in [4.78, 5) is 24.1. The third kappa shape index (κ3) is 5.10. The molecule has 0 aliphatic heterocycles. The number of nitro groups is 1. The number of amides is 1. The summed E-state index contributed by atoms with van der Waals surface area (Å²) in [6.07, 6.45) is -0.719. The number of phenolic OH excluding ortho intramolecular Hbond substituents is 1. The van der Waals surface area contributed by atoms with E-state index in [1.165, 1.54) is 31.3 Å². The number of nitro benzene ring substituents is 1. The van der Waals surface area contributed by atoms with Gasteiger partial charge >= 0.3 is 6.09 Å². The molecule has 2 aromatic rings. The minimum absolute atomic E-state index is 0.0438. The number of hydrogen-bond acceptors (Lipinski definition) is 6. The number of anilines is 1. The molecule has 0 aromatic heterocycles. The highest BCUT2D eigenvalue weighted by atomic mass is 16.6. The van der Waals surface area contributed by atoms with Gasteiger partial charge in [0.25, 0.3) is 5.69 Å². The Kier molecular flexibility index (Phi) is 5.58. The quantitative estimate of drug-likeness (QED) is 0.611. The maximum atomic E-state index is 12.3. The van der Waals surface area contributed by atoms with E-state index < -0.39 is 16.6 Å². The lowest BCUT2D eigenvalue weighted by Gasteiger charge is -2.24. The van der Waals surface area contributed by atoms with E-state index in [-0.39, 0.29) is 17.1 Å². The largest absolute Gasteiger partial charge is 0.508 e. The van der Waals surface area contributed by atoms with Crippen molar-refractivity contribution in [2.45, 2.75) is 33.3 Å². The Morgan fingerprint density at radius 2 is 1.74 bits per heavy atom. The molecule has 27 heavy (non-hydrogen) atoms. The van der Waals surface area contributed by atoms with Crippen LogP contribution in [-0.2, 0) is 4.74 Å². The number of hydrogen-bond donors (Lipinski definition) is 1. The average Bonchev–Trinajstić information content (AvgIpc) is 2.55. The predicted molar refractivity (Wildman–Crippen MR) is 101 cm³/mol. The van der Waals surface area contributed by atoms with Gasteiger partial charge in [-0.05, 0) is 57.5 Å². The lowest BCUT2D eigenvalue weighted by molar-refractivity contribution is -0.384. The van der Waals surface area contributed by atoms with Gasteiger partial charge in [0.2, 0.25) is 0 Å². The molecule has 0 saturated carbocycles. The predicted octanol–water partition coefficient (Wildman–Crippen LogP) is 4.77. The Balaban J connectivity index is 2.37. The fourth-order valence-electron chi connectivity index (χ4n) is 2.25. The first kappa shape index (κ1) is 20.0. The number of ether oxygens (including phenoxy) is 2. The first-order valence-electron chi connectivity index (χ1n) is 8.20. The van der Waals surface area contributed by atoms with Gasteiger partial charge in [-0.2, -0.15) is 0 Å². The third-order valence-electron chi connectivity index (χ3n) is 3.58. The fraction of sp³-hybridized carbons (Fsp3) is 0.316. The van der Waals surface area contributed by atoms with E-state index in [2.05, 4.69) is 0 Å². The van der Waals surface area contributed by atoms with Crippen molar-refractivity contribution < 1.29 is 24.3 Å². The van der Waals surface area contributed by atoms with Crippen LogP contribution in [0.4, 0.5) is 16.2 Å². The monoisotopic (exact) mass is 374 g/mol. The van der Waals surface area contributed by atoms with Gasteiger partial charge in [-0.15, -0.1) is 0 Å². The number of aromatic hydroxyl groups is 1. The van der Waals surface area contributed by atoms with Crippen LogP contribution in [0, 0.1) is 17.0 Å². The van der Waals surface area contributed by atoms with Crippen LogP contribution in [-0.4, -0.2) is 28.8 Å². The average molecular weight is 374 g/mol. The van der Waals surface area contributed by atoms with Crippen molar-refractivity contribution in [2.24, 2.45) is 0 Å². The lowest BCUT2D eigenvalue weighted by atomic mass is 10.2. The van der Waals surface area contributed by atoms with E-state index in [0.717, 1.165) is 4.90 Å². The normalized spacial score (nSPS) is 11.0. The van der Waals surface area contributed by atoms with Crippen LogP contribution in [0.25, 0.3) is 0 Å². The number of carbonyl (C=O) groups is 1. The highest BCUT2D eigenvalue weighted by molar-refractivity contribution is 5.90. The number of nitrogens with zero attached hydrogens (tertiary/aromatic N) is 2. The van der Waals surface area contributed by atoms with Crippen molar-refractivity contribution in [1.29, 1.82) is 0 Å². The van der Waals surface area contributed by atoms with Crippen molar-refractivity contribution in [2.75, 3.05) is 11.9 Å². The maximum Gasteiger partial charge on any atom is 0.414 e. The Labute approximate surface area is 157 Å². The van der Waals surface area contributed by atoms with E-state index in [4.69, 9.17) is 9.47 Å². The molecule has 8 nitrogen and oxygen atoms in total. The molecule has 0 aliphatic rings. The summed E-state index contributed by atoms with van der Waals surface area (Å²) >= 11 is 0. The summed E-state index contributed by atoms with van der Waals surface area (Å²) in [5.41, 5.74) is -0.321. The molecule has 2 aromatic carbocycles. The maximum absolute atomic E-state index is 12.3. The van der Waals surface area contributed by atoms with Gasteiger partial charge in [0.05, 0.1) is 4.92 Å². The van der Waals surface area contributed by atoms with Gasteiger partial charge < -0.3 is 14.6 Å². The van der Waals surface area contributed by atoms with Crippen molar-refractivity contribution in [3.8, 4) is 17.2 Å². The number of phenols is 1. The van der Waals surface area contributed by atoms with E-state index in [1.54, 1.807) is 39.8 Å². The second-order valence-corrected chi connectivity index (χ2v) is 7.00. The minimum atomic E-state index is -0.738. The van der Waals surface area contributed by atoms with Gasteiger partial charge in [-0.25, -0.2) is 4.79 Å². The van der Waals surface area contributed by atoms with Gasteiger partial charge in [-0.3, -0.25) is 15.0 Å². The first-order chi connectivity index (χ1) is 12.5. The molecule has 0 unspecified atom stereocenters. The molecule has 0 atom stereocenters. The Hall–Kier alpha value is -3.29. The van der Waals surface area contributed by atoms with E-state index in [9.17, 15) is 20.0 Å². The van der Waals surface area contributed by atoms with Gasteiger partial charge in [0, 0.05) is 19.2 Å². The van der Waals surface area contributed by atoms with Crippen molar-refractivity contribution in [3.05, 3.63) is 52.1 Å². The first-order valence-corrected chi connectivity index (χ1v) is 8.20. The van der Waals surface area contributed by atoms with Crippen LogP contribution >= 0.6 is 0 Å². The molecule has 1 amide bonds. The summed E-state index contributed by atoms with van der Waals surface area (Å²) in [6, 6.07) is 8.79. The topological polar surface area (TPSA) is 102 Å². The Morgan fingerprint density at radius 1 is 1.15 bits per heavy atom. The molecule has 8 heteroatoms. The molecule has 0 spiro atoms. The highest BCUT2D eigenvalue weighted by Crippen LogP contribution is 2.35. The summed E-state index contributed by atoms with van der Waals surface area (Å²) < 4.78 is 11.0. The summed E-state index contributed by atoms with van der Waals surface area (Å²) in [6.45, 7) is 6.85. The molecule has 0 radical (unpaired) electrons. The van der Waals surface area contributed by atoms with Crippen molar-refractivity contribution >= 4 is 17.5 Å². The minimum Gasteiger partial charge on any atom is -0.508 e. The second kappa shape index (κ2) is 7.53. The molecule has 1 N–H and O–H groups in total. The lowest BCUT2D eigenvalue weighted by Crippen LogP contribution is -2.34.